The van der Waals surface area contributed by atoms with Gasteiger partial charge in [0.25, 0.3) is 0 Å². The predicted molar refractivity (Wildman–Crippen MR) is 84.5 cm³/mol. The second-order valence-electron chi connectivity index (χ2n) is 4.80. The SMILES string of the molecule is CCC1SCCSC1c1noc(CC(COC)NC)n1. The van der Waals surface area contributed by atoms with Crippen LogP contribution in [0.15, 0.2) is 4.52 Å². The number of rotatable bonds is 7. The molecule has 0 spiro atoms. The van der Waals surface area contributed by atoms with E-state index >= 15 is 0 Å². The highest BCUT2D eigenvalue weighted by molar-refractivity contribution is 8.06. The topological polar surface area (TPSA) is 60.2 Å². The average molecular weight is 317 g/mol. The molecule has 0 bridgehead atoms. The van der Waals surface area contributed by atoms with E-state index in [9.17, 15) is 0 Å². The number of aromatic nitrogens is 2. The van der Waals surface area contributed by atoms with Crippen LogP contribution in [0, 0.1) is 0 Å². The molecule has 0 aromatic carbocycles. The highest BCUT2D eigenvalue weighted by Crippen LogP contribution is 2.42. The standard InChI is InChI=1S/C13H23N3O2S2/c1-4-10-12(20-6-5-19-10)13-15-11(18-16-13)7-9(14-2)8-17-3/h9-10,12,14H,4-8H2,1-3H3. The Bertz CT molecular complexity index is 403. The van der Waals surface area contributed by atoms with E-state index in [0.717, 1.165) is 12.2 Å². The Morgan fingerprint density at radius 3 is 2.95 bits per heavy atom. The van der Waals surface area contributed by atoms with Crippen LogP contribution in [0.4, 0.5) is 0 Å². The van der Waals surface area contributed by atoms with Crippen molar-refractivity contribution in [3.05, 3.63) is 11.7 Å². The van der Waals surface area contributed by atoms with Gasteiger partial charge in [0.2, 0.25) is 5.89 Å². The van der Waals surface area contributed by atoms with Crippen LogP contribution < -0.4 is 5.32 Å². The first-order chi connectivity index (χ1) is 9.78. The van der Waals surface area contributed by atoms with Crippen molar-refractivity contribution in [2.24, 2.45) is 0 Å². The van der Waals surface area contributed by atoms with Gasteiger partial charge in [-0.2, -0.15) is 16.7 Å². The van der Waals surface area contributed by atoms with Gasteiger partial charge in [0.1, 0.15) is 0 Å². The van der Waals surface area contributed by atoms with Crippen LogP contribution in [0.25, 0.3) is 0 Å². The van der Waals surface area contributed by atoms with Crippen molar-refractivity contribution in [3.63, 3.8) is 0 Å². The van der Waals surface area contributed by atoms with Crippen molar-refractivity contribution in [3.8, 4) is 0 Å². The maximum atomic E-state index is 5.41. The summed E-state index contributed by atoms with van der Waals surface area (Å²) >= 11 is 3.98. The Balaban J connectivity index is 2.00. The lowest BCUT2D eigenvalue weighted by molar-refractivity contribution is 0.165. The molecule has 20 heavy (non-hydrogen) atoms. The molecule has 0 saturated carbocycles. The lowest BCUT2D eigenvalue weighted by atomic mass is 10.2. The number of nitrogens with one attached hydrogen (secondary N) is 1. The monoisotopic (exact) mass is 317 g/mol. The summed E-state index contributed by atoms with van der Waals surface area (Å²) in [4.78, 5) is 4.59. The summed E-state index contributed by atoms with van der Waals surface area (Å²) in [5, 5.41) is 8.36. The van der Waals surface area contributed by atoms with Gasteiger partial charge in [0.15, 0.2) is 5.82 Å². The molecule has 1 aromatic rings. The van der Waals surface area contributed by atoms with Gasteiger partial charge >= 0.3 is 0 Å². The first-order valence-corrected chi connectivity index (χ1v) is 9.10. The van der Waals surface area contributed by atoms with Crippen LogP contribution >= 0.6 is 23.5 Å². The molecule has 114 valence electrons. The third-order valence-electron chi connectivity index (χ3n) is 3.39. The van der Waals surface area contributed by atoms with Crippen molar-refractivity contribution in [1.29, 1.82) is 0 Å². The predicted octanol–water partition coefficient (Wildman–Crippen LogP) is 2.15. The molecule has 2 rings (SSSR count). The average Bonchev–Trinajstić information content (AvgIpc) is 2.95. The van der Waals surface area contributed by atoms with Crippen LogP contribution in [0.3, 0.4) is 0 Å². The molecular formula is C13H23N3O2S2. The van der Waals surface area contributed by atoms with Crippen molar-refractivity contribution in [1.82, 2.24) is 15.5 Å². The summed E-state index contributed by atoms with van der Waals surface area (Å²) in [5.74, 6) is 3.94. The van der Waals surface area contributed by atoms with Gasteiger partial charge in [-0.05, 0) is 13.5 Å². The summed E-state index contributed by atoms with van der Waals surface area (Å²) in [6.45, 7) is 2.87. The zero-order valence-electron chi connectivity index (χ0n) is 12.3. The summed E-state index contributed by atoms with van der Waals surface area (Å²) in [5.41, 5.74) is 0. The first kappa shape index (κ1) is 16.1. The number of hydrogen-bond acceptors (Lipinski definition) is 7. The Morgan fingerprint density at radius 2 is 2.25 bits per heavy atom. The largest absolute Gasteiger partial charge is 0.383 e. The van der Waals surface area contributed by atoms with Crippen LogP contribution in [-0.2, 0) is 11.2 Å². The summed E-state index contributed by atoms with van der Waals surface area (Å²) in [6, 6.07) is 0.212. The molecule has 1 aromatic heterocycles. The zero-order chi connectivity index (χ0) is 14.4. The zero-order valence-corrected chi connectivity index (χ0v) is 13.9. The van der Waals surface area contributed by atoms with Crippen molar-refractivity contribution in [2.75, 3.05) is 32.3 Å². The van der Waals surface area contributed by atoms with Crippen molar-refractivity contribution in [2.45, 2.75) is 36.3 Å². The molecule has 7 heteroatoms. The van der Waals surface area contributed by atoms with Gasteiger partial charge in [-0.25, -0.2) is 0 Å². The van der Waals surface area contributed by atoms with Crippen LogP contribution in [0.1, 0.15) is 30.3 Å². The molecule has 1 aliphatic heterocycles. The quantitative estimate of drug-likeness (QED) is 0.826. The maximum absolute atomic E-state index is 5.41. The Hall–Kier alpha value is -0.240. The fraction of sp³-hybridized carbons (Fsp3) is 0.846. The molecular weight excluding hydrogens is 294 g/mol. The van der Waals surface area contributed by atoms with E-state index < -0.39 is 0 Å². The molecule has 0 amide bonds. The molecule has 5 nitrogen and oxygen atoms in total. The lowest BCUT2D eigenvalue weighted by Gasteiger charge is -2.27. The number of hydrogen-bond donors (Lipinski definition) is 1. The van der Waals surface area contributed by atoms with Crippen LogP contribution in [-0.4, -0.2) is 53.7 Å². The van der Waals surface area contributed by atoms with E-state index in [-0.39, 0.29) is 6.04 Å². The highest BCUT2D eigenvalue weighted by atomic mass is 32.2. The summed E-state index contributed by atoms with van der Waals surface area (Å²) in [6.07, 6.45) is 1.85. The van der Waals surface area contributed by atoms with Gasteiger partial charge in [-0.1, -0.05) is 12.1 Å². The summed E-state index contributed by atoms with van der Waals surface area (Å²) in [7, 11) is 3.62. The van der Waals surface area contributed by atoms with Crippen LogP contribution in [0.5, 0.6) is 0 Å². The van der Waals surface area contributed by atoms with Gasteiger partial charge in [0.05, 0.1) is 11.9 Å². The van der Waals surface area contributed by atoms with Gasteiger partial charge < -0.3 is 14.6 Å². The van der Waals surface area contributed by atoms with E-state index in [0.29, 0.717) is 29.4 Å². The Labute approximate surface area is 129 Å². The Morgan fingerprint density at radius 1 is 1.45 bits per heavy atom. The van der Waals surface area contributed by atoms with E-state index in [1.54, 1.807) is 7.11 Å². The number of methoxy groups -OCH3 is 1. The highest BCUT2D eigenvalue weighted by Gasteiger charge is 2.30. The van der Waals surface area contributed by atoms with Crippen LogP contribution in [0.2, 0.25) is 0 Å². The first-order valence-electron chi connectivity index (χ1n) is 7.00. The molecule has 0 aliphatic carbocycles. The van der Waals surface area contributed by atoms with Crippen molar-refractivity contribution < 1.29 is 9.26 Å². The minimum Gasteiger partial charge on any atom is -0.383 e. The van der Waals surface area contributed by atoms with Gasteiger partial charge in [-0.15, -0.1) is 11.8 Å². The van der Waals surface area contributed by atoms with E-state index in [1.165, 1.54) is 11.5 Å². The third kappa shape index (κ3) is 4.13. The third-order valence-corrected chi connectivity index (χ3v) is 6.63. The smallest absolute Gasteiger partial charge is 0.228 e. The summed E-state index contributed by atoms with van der Waals surface area (Å²) < 4.78 is 10.6. The fourth-order valence-corrected chi connectivity index (χ4v) is 5.25. The van der Waals surface area contributed by atoms with Gasteiger partial charge in [0, 0.05) is 36.3 Å². The number of nitrogens with zero attached hydrogens (tertiary/aromatic N) is 2. The maximum Gasteiger partial charge on any atom is 0.228 e. The number of ether oxygens (including phenoxy) is 1. The second kappa shape index (κ2) is 8.26. The number of thioether (sulfide) groups is 2. The molecule has 1 aliphatic rings. The minimum absolute atomic E-state index is 0.212. The Kier molecular flexibility index (Phi) is 6.67. The van der Waals surface area contributed by atoms with E-state index in [1.807, 2.05) is 30.6 Å². The van der Waals surface area contributed by atoms with Gasteiger partial charge in [-0.3, -0.25) is 0 Å². The fourth-order valence-electron chi connectivity index (χ4n) is 2.26. The molecule has 1 fully saturated rings. The second-order valence-corrected chi connectivity index (χ2v) is 7.40. The minimum atomic E-state index is 0.212. The van der Waals surface area contributed by atoms with Crippen molar-refractivity contribution >= 4 is 23.5 Å². The lowest BCUT2D eigenvalue weighted by Crippen LogP contribution is -2.32. The van der Waals surface area contributed by atoms with E-state index in [2.05, 4.69) is 22.4 Å². The molecule has 1 N–H and O–H groups in total. The molecule has 0 radical (unpaired) electrons. The molecule has 3 atom stereocenters. The molecule has 2 heterocycles. The normalized spacial score (nSPS) is 24.8. The molecule has 3 unspecified atom stereocenters. The number of likely N-dealkylation sites (N-methyl/N-ethyl adjacent to an activating group) is 1. The molecule has 1 saturated heterocycles. The van der Waals surface area contributed by atoms with E-state index in [4.69, 9.17) is 9.26 Å².